The number of nitrogens with one attached hydrogen (secondary N) is 1. The fraction of sp³-hybridized carbons (Fsp3) is 0.235. The second-order valence-electron chi connectivity index (χ2n) is 5.61. The zero-order chi connectivity index (χ0) is 19.6. The summed E-state index contributed by atoms with van der Waals surface area (Å²) in [6, 6.07) is 6.51. The Bertz CT molecular complexity index is 1020. The number of methoxy groups -OCH3 is 1. The minimum absolute atomic E-state index is 0.184. The molecular formula is C17H16ClN5O4. The first-order chi connectivity index (χ1) is 12.9. The van der Waals surface area contributed by atoms with E-state index >= 15 is 0 Å². The third-order valence-electron chi connectivity index (χ3n) is 3.68. The van der Waals surface area contributed by atoms with E-state index in [0.717, 1.165) is 5.69 Å². The van der Waals surface area contributed by atoms with Crippen molar-refractivity contribution in [1.29, 1.82) is 0 Å². The van der Waals surface area contributed by atoms with Gasteiger partial charge in [-0.05, 0) is 38.1 Å². The molecule has 0 spiro atoms. The molecule has 27 heavy (non-hydrogen) atoms. The molecule has 1 atom stereocenters. The Morgan fingerprint density at radius 2 is 2.07 bits per heavy atom. The minimum atomic E-state index is -1.10. The van der Waals surface area contributed by atoms with Gasteiger partial charge in [0.05, 0.1) is 12.8 Å². The molecule has 9 nitrogen and oxygen atoms in total. The first-order valence-electron chi connectivity index (χ1n) is 7.93. The summed E-state index contributed by atoms with van der Waals surface area (Å²) in [5, 5.41) is 7.08. The lowest BCUT2D eigenvalue weighted by Crippen LogP contribution is -2.30. The van der Waals surface area contributed by atoms with E-state index in [1.807, 2.05) is 0 Å². The Morgan fingerprint density at radius 1 is 1.30 bits per heavy atom. The molecule has 0 bridgehead atoms. The van der Waals surface area contributed by atoms with Gasteiger partial charge in [0.25, 0.3) is 17.5 Å². The van der Waals surface area contributed by atoms with Gasteiger partial charge in [-0.1, -0.05) is 11.6 Å². The van der Waals surface area contributed by atoms with Gasteiger partial charge in [-0.25, -0.2) is 14.3 Å². The van der Waals surface area contributed by atoms with Crippen LogP contribution >= 0.6 is 11.6 Å². The van der Waals surface area contributed by atoms with Crippen molar-refractivity contribution >= 4 is 34.9 Å². The maximum Gasteiger partial charge on any atom is 0.379 e. The number of fused-ring (bicyclic) bond motifs is 1. The molecule has 3 aromatic rings. The molecule has 0 aliphatic heterocycles. The molecule has 2 heterocycles. The average molecular weight is 390 g/mol. The van der Waals surface area contributed by atoms with Gasteiger partial charge in [-0.3, -0.25) is 4.79 Å². The highest BCUT2D eigenvalue weighted by Gasteiger charge is 2.23. The van der Waals surface area contributed by atoms with Crippen molar-refractivity contribution in [2.45, 2.75) is 20.0 Å². The van der Waals surface area contributed by atoms with Crippen LogP contribution in [0.15, 0.2) is 30.5 Å². The number of aromatic nitrogens is 4. The van der Waals surface area contributed by atoms with Crippen molar-refractivity contribution in [2.24, 2.45) is 0 Å². The first kappa shape index (κ1) is 18.6. The molecule has 3 rings (SSSR count). The number of aryl methyl sites for hydroxylation is 1. The SMILES string of the molecule is COc1ccc(Cl)cc1NC(=O)C(C)OC(=O)c1nc2nccc(C)n2n1. The second kappa shape index (κ2) is 7.58. The van der Waals surface area contributed by atoms with Crippen LogP contribution in [0.25, 0.3) is 5.78 Å². The molecule has 0 saturated heterocycles. The van der Waals surface area contributed by atoms with E-state index < -0.39 is 18.0 Å². The van der Waals surface area contributed by atoms with Gasteiger partial charge < -0.3 is 14.8 Å². The van der Waals surface area contributed by atoms with Crippen molar-refractivity contribution in [3.63, 3.8) is 0 Å². The molecule has 0 aliphatic rings. The largest absolute Gasteiger partial charge is 0.495 e. The molecule has 0 radical (unpaired) electrons. The lowest BCUT2D eigenvalue weighted by atomic mass is 10.2. The summed E-state index contributed by atoms with van der Waals surface area (Å²) in [5.74, 6) is -0.878. The average Bonchev–Trinajstić information content (AvgIpc) is 3.08. The highest BCUT2D eigenvalue weighted by atomic mass is 35.5. The number of anilines is 1. The monoisotopic (exact) mass is 389 g/mol. The van der Waals surface area contributed by atoms with Gasteiger partial charge in [0.15, 0.2) is 6.10 Å². The standard InChI is InChI=1S/C17H16ClN5O4/c1-9-6-7-19-17-21-14(22-23(9)17)16(25)27-10(2)15(24)20-12-8-11(18)4-5-13(12)26-3/h4-8,10H,1-3H3,(H,20,24). The lowest BCUT2D eigenvalue weighted by molar-refractivity contribution is -0.123. The molecule has 1 aromatic carbocycles. The number of nitrogens with zero attached hydrogens (tertiary/aromatic N) is 4. The van der Waals surface area contributed by atoms with E-state index in [0.29, 0.717) is 16.5 Å². The molecule has 140 valence electrons. The fourth-order valence-electron chi connectivity index (χ4n) is 2.27. The number of ether oxygens (including phenoxy) is 2. The molecule has 2 aromatic heterocycles. The molecule has 0 aliphatic carbocycles. The van der Waals surface area contributed by atoms with Crippen LogP contribution in [0, 0.1) is 6.92 Å². The Hall–Kier alpha value is -3.20. The van der Waals surface area contributed by atoms with Crippen molar-refractivity contribution < 1.29 is 19.1 Å². The van der Waals surface area contributed by atoms with Gasteiger partial charge in [0, 0.05) is 16.9 Å². The fourth-order valence-corrected chi connectivity index (χ4v) is 2.44. The Morgan fingerprint density at radius 3 is 2.78 bits per heavy atom. The third kappa shape index (κ3) is 3.98. The summed E-state index contributed by atoms with van der Waals surface area (Å²) in [7, 11) is 1.47. The van der Waals surface area contributed by atoms with Crippen LogP contribution in [-0.2, 0) is 9.53 Å². The summed E-state index contributed by atoms with van der Waals surface area (Å²) >= 11 is 5.94. The van der Waals surface area contributed by atoms with Crippen molar-refractivity contribution in [2.75, 3.05) is 12.4 Å². The number of hydrogen-bond donors (Lipinski definition) is 1. The number of esters is 1. The van der Waals surface area contributed by atoms with Crippen molar-refractivity contribution in [3.05, 3.63) is 47.0 Å². The molecule has 10 heteroatoms. The predicted octanol–water partition coefficient (Wildman–Crippen LogP) is 2.28. The van der Waals surface area contributed by atoms with Crippen LogP contribution < -0.4 is 10.1 Å². The van der Waals surface area contributed by atoms with Gasteiger partial charge in [0.1, 0.15) is 5.75 Å². The van der Waals surface area contributed by atoms with E-state index in [9.17, 15) is 9.59 Å². The van der Waals surface area contributed by atoms with Crippen molar-refractivity contribution in [1.82, 2.24) is 19.6 Å². The molecule has 0 fully saturated rings. The molecular weight excluding hydrogens is 374 g/mol. The molecule has 1 N–H and O–H groups in total. The van der Waals surface area contributed by atoms with Gasteiger partial charge >= 0.3 is 5.97 Å². The number of carbonyl (C=O) groups is 2. The van der Waals surface area contributed by atoms with Crippen LogP contribution in [0.2, 0.25) is 5.02 Å². The Labute approximate surface area is 159 Å². The summed E-state index contributed by atoms with van der Waals surface area (Å²) in [6.07, 6.45) is 0.463. The van der Waals surface area contributed by atoms with Gasteiger partial charge in [-0.2, -0.15) is 4.98 Å². The van der Waals surface area contributed by atoms with Crippen LogP contribution in [-0.4, -0.2) is 44.7 Å². The predicted molar refractivity (Wildman–Crippen MR) is 97.0 cm³/mol. The molecule has 1 unspecified atom stereocenters. The quantitative estimate of drug-likeness (QED) is 0.667. The number of hydrogen-bond acceptors (Lipinski definition) is 7. The van der Waals surface area contributed by atoms with Crippen LogP contribution in [0.5, 0.6) is 5.75 Å². The van der Waals surface area contributed by atoms with Crippen LogP contribution in [0.1, 0.15) is 23.2 Å². The second-order valence-corrected chi connectivity index (χ2v) is 6.05. The lowest BCUT2D eigenvalue weighted by Gasteiger charge is -2.14. The Balaban J connectivity index is 1.71. The smallest absolute Gasteiger partial charge is 0.379 e. The summed E-state index contributed by atoms with van der Waals surface area (Å²) in [6.45, 7) is 3.23. The molecule has 0 saturated carbocycles. The summed E-state index contributed by atoms with van der Waals surface area (Å²) in [4.78, 5) is 32.6. The highest BCUT2D eigenvalue weighted by Crippen LogP contribution is 2.27. The topological polar surface area (TPSA) is 108 Å². The zero-order valence-electron chi connectivity index (χ0n) is 14.8. The van der Waals surface area contributed by atoms with Gasteiger partial charge in [-0.15, -0.1) is 5.10 Å². The van der Waals surface area contributed by atoms with Crippen LogP contribution in [0.4, 0.5) is 5.69 Å². The first-order valence-corrected chi connectivity index (χ1v) is 8.30. The number of rotatable bonds is 5. The maximum absolute atomic E-state index is 12.3. The number of amides is 1. The van der Waals surface area contributed by atoms with Crippen molar-refractivity contribution in [3.8, 4) is 5.75 Å². The summed E-state index contributed by atoms with van der Waals surface area (Å²) in [5.41, 5.74) is 1.12. The normalized spacial score (nSPS) is 11.9. The minimum Gasteiger partial charge on any atom is -0.495 e. The van der Waals surface area contributed by atoms with E-state index in [-0.39, 0.29) is 11.6 Å². The molecule has 1 amide bonds. The maximum atomic E-state index is 12.3. The van der Waals surface area contributed by atoms with E-state index in [2.05, 4.69) is 20.4 Å². The highest BCUT2D eigenvalue weighted by molar-refractivity contribution is 6.31. The Kier molecular flexibility index (Phi) is 5.22. The van der Waals surface area contributed by atoms with Crippen LogP contribution in [0.3, 0.4) is 0 Å². The van der Waals surface area contributed by atoms with Gasteiger partial charge in [0.2, 0.25) is 0 Å². The number of halogens is 1. The van der Waals surface area contributed by atoms with E-state index in [1.165, 1.54) is 24.6 Å². The third-order valence-corrected chi connectivity index (χ3v) is 3.92. The number of carbonyl (C=O) groups excluding carboxylic acids is 2. The zero-order valence-corrected chi connectivity index (χ0v) is 15.5. The number of benzene rings is 1. The summed E-state index contributed by atoms with van der Waals surface area (Å²) < 4.78 is 11.7. The van der Waals surface area contributed by atoms with E-state index in [4.69, 9.17) is 21.1 Å². The van der Waals surface area contributed by atoms with E-state index in [1.54, 1.807) is 31.3 Å².